The van der Waals surface area contributed by atoms with Crippen LogP contribution in [0.1, 0.15) is 24.2 Å². The summed E-state index contributed by atoms with van der Waals surface area (Å²) in [6, 6.07) is 16.6. The van der Waals surface area contributed by atoms with Crippen LogP contribution in [0.25, 0.3) is 0 Å². The van der Waals surface area contributed by atoms with Crippen molar-refractivity contribution in [3.05, 3.63) is 64.1 Å². The molecule has 20 heavy (non-hydrogen) atoms. The summed E-state index contributed by atoms with van der Waals surface area (Å²) in [6.45, 7) is 2.74. The molecular weight excluding hydrogens is 314 g/mol. The molecule has 2 aromatic rings. The molecule has 0 amide bonds. The van der Waals surface area contributed by atoms with Crippen LogP contribution in [-0.4, -0.2) is 18.7 Å². The van der Waals surface area contributed by atoms with Crippen molar-refractivity contribution < 1.29 is 5.11 Å². The van der Waals surface area contributed by atoms with Gasteiger partial charge < -0.3 is 10.0 Å². The summed E-state index contributed by atoms with van der Waals surface area (Å²) >= 11 is 3.53. The first-order valence-electron chi connectivity index (χ1n) is 6.80. The molecule has 0 aromatic heterocycles. The van der Waals surface area contributed by atoms with Gasteiger partial charge in [-0.2, -0.15) is 0 Å². The highest BCUT2D eigenvalue weighted by atomic mass is 79.9. The van der Waals surface area contributed by atoms with Gasteiger partial charge in [-0.1, -0.05) is 52.3 Å². The van der Waals surface area contributed by atoms with Crippen molar-refractivity contribution in [1.29, 1.82) is 0 Å². The first-order valence-corrected chi connectivity index (χ1v) is 7.60. The lowest BCUT2D eigenvalue weighted by Crippen LogP contribution is -2.20. The Balaban J connectivity index is 2.02. The molecule has 0 saturated carbocycles. The number of anilines is 1. The number of halogens is 1. The summed E-state index contributed by atoms with van der Waals surface area (Å²) in [6.07, 6.45) is 0.570. The lowest BCUT2D eigenvalue weighted by Gasteiger charge is -2.21. The minimum Gasteiger partial charge on any atom is -0.389 e. The normalized spacial score (nSPS) is 12.2. The Morgan fingerprint density at radius 1 is 1.15 bits per heavy atom. The SMILES string of the molecule is C[C@H](O)c1ccc(N(C)CCc2ccccc2)cc1Br. The van der Waals surface area contributed by atoms with Crippen molar-refractivity contribution in [2.75, 3.05) is 18.5 Å². The number of aliphatic hydroxyl groups is 1. The Bertz CT molecular complexity index is 554. The second-order valence-corrected chi connectivity index (χ2v) is 5.89. The summed E-state index contributed by atoms with van der Waals surface area (Å²) in [7, 11) is 2.09. The fourth-order valence-electron chi connectivity index (χ4n) is 2.16. The van der Waals surface area contributed by atoms with Crippen LogP contribution < -0.4 is 4.90 Å². The van der Waals surface area contributed by atoms with Gasteiger partial charge in [-0.25, -0.2) is 0 Å². The van der Waals surface area contributed by atoms with Crippen LogP contribution in [0.5, 0.6) is 0 Å². The second-order valence-electron chi connectivity index (χ2n) is 5.04. The van der Waals surface area contributed by atoms with E-state index >= 15 is 0 Å². The molecule has 3 heteroatoms. The molecular formula is C17H20BrNO. The van der Waals surface area contributed by atoms with E-state index < -0.39 is 6.10 Å². The van der Waals surface area contributed by atoms with Crippen LogP contribution in [0.2, 0.25) is 0 Å². The highest BCUT2D eigenvalue weighted by molar-refractivity contribution is 9.10. The molecule has 0 unspecified atom stereocenters. The van der Waals surface area contributed by atoms with Crippen LogP contribution in [0, 0.1) is 0 Å². The molecule has 0 fully saturated rings. The monoisotopic (exact) mass is 333 g/mol. The van der Waals surface area contributed by atoms with Crippen molar-refractivity contribution >= 4 is 21.6 Å². The van der Waals surface area contributed by atoms with E-state index in [4.69, 9.17) is 0 Å². The van der Waals surface area contributed by atoms with E-state index in [2.05, 4.69) is 64.3 Å². The molecule has 2 rings (SSSR count). The molecule has 0 aliphatic heterocycles. The Morgan fingerprint density at radius 3 is 2.45 bits per heavy atom. The Hall–Kier alpha value is -1.32. The smallest absolute Gasteiger partial charge is 0.0772 e. The summed E-state index contributed by atoms with van der Waals surface area (Å²) < 4.78 is 0.955. The number of likely N-dealkylation sites (N-methyl/N-ethyl adjacent to an activating group) is 1. The Labute approximate surface area is 129 Å². The predicted molar refractivity (Wildman–Crippen MR) is 88.2 cm³/mol. The molecule has 0 spiro atoms. The number of aliphatic hydroxyl groups excluding tert-OH is 1. The summed E-state index contributed by atoms with van der Waals surface area (Å²) in [5.41, 5.74) is 3.42. The summed E-state index contributed by atoms with van der Waals surface area (Å²) in [5.74, 6) is 0. The molecule has 0 heterocycles. The van der Waals surface area contributed by atoms with E-state index in [1.54, 1.807) is 6.92 Å². The van der Waals surface area contributed by atoms with Crippen LogP contribution in [0.15, 0.2) is 53.0 Å². The topological polar surface area (TPSA) is 23.5 Å². The molecule has 2 aromatic carbocycles. The maximum absolute atomic E-state index is 9.64. The fourth-order valence-corrected chi connectivity index (χ4v) is 2.86. The quantitative estimate of drug-likeness (QED) is 0.887. The van der Waals surface area contributed by atoms with Gasteiger partial charge in [-0.05, 0) is 36.6 Å². The third-order valence-electron chi connectivity index (χ3n) is 3.45. The van der Waals surface area contributed by atoms with Gasteiger partial charge in [-0.3, -0.25) is 0 Å². The summed E-state index contributed by atoms with van der Waals surface area (Å²) in [5, 5.41) is 9.64. The van der Waals surface area contributed by atoms with Crippen LogP contribution in [-0.2, 0) is 6.42 Å². The average molecular weight is 334 g/mol. The number of hydrogen-bond acceptors (Lipinski definition) is 2. The fraction of sp³-hybridized carbons (Fsp3) is 0.294. The van der Waals surface area contributed by atoms with Gasteiger partial charge in [0.05, 0.1) is 6.10 Å². The van der Waals surface area contributed by atoms with E-state index in [9.17, 15) is 5.11 Å². The standard InChI is InChI=1S/C17H20BrNO/c1-13(20)16-9-8-15(12-17(16)18)19(2)11-10-14-6-4-3-5-7-14/h3-9,12-13,20H,10-11H2,1-2H3/t13-/m0/s1. The Kier molecular flexibility index (Phi) is 5.21. The highest BCUT2D eigenvalue weighted by Gasteiger charge is 2.08. The highest BCUT2D eigenvalue weighted by Crippen LogP contribution is 2.27. The maximum atomic E-state index is 9.64. The molecule has 0 aliphatic carbocycles. The number of benzene rings is 2. The molecule has 106 valence electrons. The van der Waals surface area contributed by atoms with E-state index in [0.717, 1.165) is 28.7 Å². The average Bonchev–Trinajstić information content (AvgIpc) is 2.45. The molecule has 1 N–H and O–H groups in total. The first kappa shape index (κ1) is 15.1. The second kappa shape index (κ2) is 6.91. The van der Waals surface area contributed by atoms with Crippen molar-refractivity contribution in [1.82, 2.24) is 0 Å². The lowest BCUT2D eigenvalue weighted by atomic mass is 10.1. The number of nitrogens with zero attached hydrogens (tertiary/aromatic N) is 1. The zero-order valence-corrected chi connectivity index (χ0v) is 13.5. The zero-order valence-electron chi connectivity index (χ0n) is 11.9. The molecule has 0 bridgehead atoms. The van der Waals surface area contributed by atoms with E-state index in [1.165, 1.54) is 5.56 Å². The molecule has 0 radical (unpaired) electrons. The van der Waals surface area contributed by atoms with Gasteiger partial charge in [0.15, 0.2) is 0 Å². The van der Waals surface area contributed by atoms with E-state index in [1.807, 2.05) is 12.1 Å². The Morgan fingerprint density at radius 2 is 1.85 bits per heavy atom. The van der Waals surface area contributed by atoms with Gasteiger partial charge in [0.2, 0.25) is 0 Å². The van der Waals surface area contributed by atoms with Gasteiger partial charge >= 0.3 is 0 Å². The number of hydrogen-bond donors (Lipinski definition) is 1. The maximum Gasteiger partial charge on any atom is 0.0772 e. The number of rotatable bonds is 5. The van der Waals surface area contributed by atoms with Crippen molar-refractivity contribution in [2.24, 2.45) is 0 Å². The van der Waals surface area contributed by atoms with Crippen LogP contribution in [0.3, 0.4) is 0 Å². The molecule has 0 aliphatic rings. The van der Waals surface area contributed by atoms with Gasteiger partial charge in [0.25, 0.3) is 0 Å². The molecule has 1 atom stereocenters. The minimum atomic E-state index is -0.451. The lowest BCUT2D eigenvalue weighted by molar-refractivity contribution is 0.198. The molecule has 0 saturated heterocycles. The van der Waals surface area contributed by atoms with Gasteiger partial charge in [-0.15, -0.1) is 0 Å². The van der Waals surface area contributed by atoms with Crippen LogP contribution in [0.4, 0.5) is 5.69 Å². The summed E-state index contributed by atoms with van der Waals surface area (Å²) in [4.78, 5) is 2.23. The van der Waals surface area contributed by atoms with Gasteiger partial charge in [0, 0.05) is 23.8 Å². The van der Waals surface area contributed by atoms with Crippen molar-refractivity contribution in [3.8, 4) is 0 Å². The van der Waals surface area contributed by atoms with Crippen molar-refractivity contribution in [2.45, 2.75) is 19.4 Å². The van der Waals surface area contributed by atoms with E-state index in [0.29, 0.717) is 0 Å². The van der Waals surface area contributed by atoms with E-state index in [-0.39, 0.29) is 0 Å². The zero-order chi connectivity index (χ0) is 14.5. The van der Waals surface area contributed by atoms with Gasteiger partial charge in [0.1, 0.15) is 0 Å². The largest absolute Gasteiger partial charge is 0.389 e. The van der Waals surface area contributed by atoms with Crippen LogP contribution >= 0.6 is 15.9 Å². The molecule has 2 nitrogen and oxygen atoms in total. The predicted octanol–water partition coefficient (Wildman–Crippen LogP) is 4.18. The van der Waals surface area contributed by atoms with Crippen molar-refractivity contribution in [3.63, 3.8) is 0 Å². The first-order chi connectivity index (χ1) is 9.58. The third kappa shape index (κ3) is 3.84. The minimum absolute atomic E-state index is 0.451. The third-order valence-corrected chi connectivity index (χ3v) is 4.14.